The molecule has 0 radical (unpaired) electrons. The Morgan fingerprint density at radius 3 is 2.96 bits per heavy atom. The largest absolute Gasteiger partial charge is 0.461 e. The van der Waals surface area contributed by atoms with Crippen molar-refractivity contribution in [1.82, 2.24) is 19.2 Å². The van der Waals surface area contributed by atoms with Gasteiger partial charge in [-0.1, -0.05) is 0 Å². The van der Waals surface area contributed by atoms with Crippen LogP contribution >= 0.6 is 11.3 Å². The van der Waals surface area contributed by atoms with E-state index < -0.39 is 0 Å². The maximum atomic E-state index is 13.0. The minimum Gasteiger partial charge on any atom is -0.461 e. The summed E-state index contributed by atoms with van der Waals surface area (Å²) in [5, 5.41) is 5.44. The lowest BCUT2D eigenvalue weighted by molar-refractivity contribution is -0.0379. The van der Waals surface area contributed by atoms with Crippen molar-refractivity contribution in [2.24, 2.45) is 0 Å². The Morgan fingerprint density at radius 1 is 1.38 bits per heavy atom. The second-order valence-electron chi connectivity index (χ2n) is 7.08. The second kappa shape index (κ2) is 5.28. The number of hydrogen-bond acceptors (Lipinski definition) is 6. The van der Waals surface area contributed by atoms with E-state index in [1.807, 2.05) is 6.92 Å². The molecule has 1 aliphatic heterocycles. The Labute approximate surface area is 152 Å². The molecule has 7 nitrogen and oxygen atoms in total. The Morgan fingerprint density at radius 2 is 2.23 bits per heavy atom. The summed E-state index contributed by atoms with van der Waals surface area (Å²) in [4.78, 5) is 19.7. The lowest BCUT2D eigenvalue weighted by Crippen LogP contribution is -2.31. The molecule has 0 fully saturated rings. The first-order valence-corrected chi connectivity index (χ1v) is 9.42. The fourth-order valence-corrected chi connectivity index (χ4v) is 4.84. The quantitative estimate of drug-likeness (QED) is 0.541. The molecule has 0 saturated carbocycles. The van der Waals surface area contributed by atoms with Gasteiger partial charge in [-0.25, -0.2) is 9.78 Å². The number of aryl methyl sites for hydroxylation is 1. The molecule has 0 amide bonds. The highest BCUT2D eigenvalue weighted by Gasteiger charge is 2.32. The Bertz CT molecular complexity index is 1200. The van der Waals surface area contributed by atoms with E-state index in [0.717, 1.165) is 21.5 Å². The highest BCUT2D eigenvalue weighted by atomic mass is 32.1. The molecule has 4 aromatic rings. The minimum atomic E-state index is -0.241. The van der Waals surface area contributed by atoms with Gasteiger partial charge in [-0.05, 0) is 38.5 Å². The van der Waals surface area contributed by atoms with Crippen molar-refractivity contribution in [3.05, 3.63) is 39.3 Å². The average molecular weight is 370 g/mol. The zero-order valence-electron chi connectivity index (χ0n) is 14.8. The van der Waals surface area contributed by atoms with Crippen molar-refractivity contribution in [3.63, 3.8) is 0 Å². The maximum absolute atomic E-state index is 13.0. The summed E-state index contributed by atoms with van der Waals surface area (Å²) >= 11 is 1.62. The number of nitrogens with zero attached hydrogens (tertiary/aromatic N) is 4. The van der Waals surface area contributed by atoms with Gasteiger partial charge in [-0.2, -0.15) is 4.52 Å². The third kappa shape index (κ3) is 2.12. The van der Waals surface area contributed by atoms with Crippen LogP contribution in [0.15, 0.2) is 27.6 Å². The topological polar surface area (TPSA) is 74.6 Å². The van der Waals surface area contributed by atoms with Gasteiger partial charge in [0.25, 0.3) is 0 Å². The number of furan rings is 1. The molecule has 0 spiro atoms. The molecule has 5 rings (SSSR count). The smallest absolute Gasteiger partial charge is 0.351 e. The third-order valence-corrected chi connectivity index (χ3v) is 6.04. The number of ether oxygens (including phenoxy) is 1. The Kier molecular flexibility index (Phi) is 3.20. The highest BCUT2D eigenvalue weighted by Crippen LogP contribution is 2.40. The molecular formula is C18H18N4O3S. The molecule has 0 bridgehead atoms. The standard InChI is InChI=1S/C18H18N4O3S/c1-4-21-16-13(10-8-18(2,3)25-9-12(10)26-16)15-19-14(11-6-5-7-24-11)20-22(15)17(21)23/h5-7H,4,8-9H2,1-3H3. The molecule has 0 aliphatic carbocycles. The molecule has 0 saturated heterocycles. The first kappa shape index (κ1) is 15.8. The van der Waals surface area contributed by atoms with E-state index in [9.17, 15) is 4.79 Å². The van der Waals surface area contributed by atoms with Gasteiger partial charge >= 0.3 is 5.69 Å². The number of rotatable bonds is 2. The second-order valence-corrected chi connectivity index (χ2v) is 8.17. The van der Waals surface area contributed by atoms with Gasteiger partial charge in [0.1, 0.15) is 4.83 Å². The van der Waals surface area contributed by atoms with Crippen LogP contribution in [0.4, 0.5) is 0 Å². The van der Waals surface area contributed by atoms with Crippen molar-refractivity contribution >= 4 is 27.2 Å². The van der Waals surface area contributed by atoms with Crippen LogP contribution in [-0.2, 0) is 24.3 Å². The van der Waals surface area contributed by atoms with Gasteiger partial charge in [0.05, 0.1) is 23.9 Å². The summed E-state index contributed by atoms with van der Waals surface area (Å²) in [5.74, 6) is 0.977. The molecule has 1 aliphatic rings. The van der Waals surface area contributed by atoms with E-state index in [-0.39, 0.29) is 11.3 Å². The fourth-order valence-electron chi connectivity index (χ4n) is 3.56. The molecule has 4 aromatic heterocycles. The summed E-state index contributed by atoms with van der Waals surface area (Å²) in [6.07, 6.45) is 2.36. The number of thiophene rings is 1. The average Bonchev–Trinajstić information content (AvgIpc) is 3.31. The summed E-state index contributed by atoms with van der Waals surface area (Å²) in [6.45, 7) is 7.28. The molecule has 5 heterocycles. The van der Waals surface area contributed by atoms with Crippen LogP contribution in [0.2, 0.25) is 0 Å². The SMILES string of the molecule is CCn1c(=O)n2nc(-c3ccco3)nc2c2c3c(sc21)COC(C)(C)C3. The van der Waals surface area contributed by atoms with Gasteiger partial charge in [0, 0.05) is 17.8 Å². The van der Waals surface area contributed by atoms with Crippen LogP contribution in [0.25, 0.3) is 27.4 Å². The van der Waals surface area contributed by atoms with Crippen molar-refractivity contribution in [1.29, 1.82) is 0 Å². The monoisotopic (exact) mass is 370 g/mol. The summed E-state index contributed by atoms with van der Waals surface area (Å²) in [5.41, 5.74) is 1.39. The zero-order chi connectivity index (χ0) is 18.1. The lowest BCUT2D eigenvalue weighted by atomic mass is 9.94. The van der Waals surface area contributed by atoms with E-state index >= 15 is 0 Å². The first-order valence-electron chi connectivity index (χ1n) is 8.60. The van der Waals surface area contributed by atoms with Crippen LogP contribution < -0.4 is 5.69 Å². The van der Waals surface area contributed by atoms with E-state index in [0.29, 0.717) is 30.4 Å². The van der Waals surface area contributed by atoms with Crippen LogP contribution in [0.1, 0.15) is 31.2 Å². The minimum absolute atomic E-state index is 0.181. The van der Waals surface area contributed by atoms with Crippen LogP contribution in [-0.4, -0.2) is 24.8 Å². The third-order valence-electron chi connectivity index (χ3n) is 4.81. The van der Waals surface area contributed by atoms with Crippen molar-refractivity contribution < 1.29 is 9.15 Å². The van der Waals surface area contributed by atoms with Crippen LogP contribution in [0.3, 0.4) is 0 Å². The Balaban J connectivity index is 1.91. The lowest BCUT2D eigenvalue weighted by Gasteiger charge is -2.30. The summed E-state index contributed by atoms with van der Waals surface area (Å²) in [6, 6.07) is 3.58. The van der Waals surface area contributed by atoms with E-state index in [1.165, 1.54) is 10.1 Å². The molecule has 0 unspecified atom stereocenters. The molecule has 0 aromatic carbocycles. The summed E-state index contributed by atoms with van der Waals surface area (Å²) < 4.78 is 14.6. The van der Waals surface area contributed by atoms with Crippen LogP contribution in [0.5, 0.6) is 0 Å². The van der Waals surface area contributed by atoms with Gasteiger partial charge < -0.3 is 9.15 Å². The van der Waals surface area contributed by atoms with E-state index in [4.69, 9.17) is 9.15 Å². The predicted octanol–water partition coefficient (Wildman–Crippen LogP) is 3.24. The first-order chi connectivity index (χ1) is 12.5. The molecule has 8 heteroatoms. The zero-order valence-corrected chi connectivity index (χ0v) is 15.6. The number of aromatic nitrogens is 4. The molecular weight excluding hydrogens is 352 g/mol. The van der Waals surface area contributed by atoms with Crippen LogP contribution in [0, 0.1) is 0 Å². The summed E-state index contributed by atoms with van der Waals surface area (Å²) in [7, 11) is 0. The molecule has 0 atom stereocenters. The van der Waals surface area contributed by atoms with E-state index in [1.54, 1.807) is 34.3 Å². The highest BCUT2D eigenvalue weighted by molar-refractivity contribution is 7.19. The van der Waals surface area contributed by atoms with Crippen molar-refractivity contribution in [2.75, 3.05) is 0 Å². The van der Waals surface area contributed by atoms with Crippen molar-refractivity contribution in [3.8, 4) is 11.6 Å². The number of hydrogen-bond donors (Lipinski definition) is 0. The van der Waals surface area contributed by atoms with Gasteiger partial charge in [-0.15, -0.1) is 16.4 Å². The molecule has 134 valence electrons. The molecule has 26 heavy (non-hydrogen) atoms. The fraction of sp³-hybridized carbons (Fsp3) is 0.389. The molecule has 0 N–H and O–H groups in total. The van der Waals surface area contributed by atoms with Crippen molar-refractivity contribution in [2.45, 2.75) is 45.9 Å². The van der Waals surface area contributed by atoms with Gasteiger partial charge in [0.2, 0.25) is 5.82 Å². The van der Waals surface area contributed by atoms with Gasteiger partial charge in [-0.3, -0.25) is 4.57 Å². The predicted molar refractivity (Wildman–Crippen MR) is 98.6 cm³/mol. The Hall–Kier alpha value is -2.45. The number of fused-ring (bicyclic) bond motifs is 5. The normalized spacial score (nSPS) is 16.4. The van der Waals surface area contributed by atoms with Gasteiger partial charge in [0.15, 0.2) is 11.4 Å². The maximum Gasteiger partial charge on any atom is 0.351 e. The van der Waals surface area contributed by atoms with E-state index in [2.05, 4.69) is 23.9 Å².